The lowest BCUT2D eigenvalue weighted by Crippen LogP contribution is -2.52. The summed E-state index contributed by atoms with van der Waals surface area (Å²) in [6.07, 6.45) is 1.81. The SMILES string of the molecule is CC(C)[C@@H](NC(=O)NC1CCN(C)CC1)C(=O)O. The van der Waals surface area contributed by atoms with Crippen molar-refractivity contribution in [2.75, 3.05) is 20.1 Å². The highest BCUT2D eigenvalue weighted by molar-refractivity contribution is 5.82. The van der Waals surface area contributed by atoms with Crippen molar-refractivity contribution in [3.63, 3.8) is 0 Å². The molecule has 0 saturated carbocycles. The van der Waals surface area contributed by atoms with Crippen molar-refractivity contribution in [2.24, 2.45) is 5.92 Å². The molecule has 0 aromatic rings. The highest BCUT2D eigenvalue weighted by Gasteiger charge is 2.25. The number of likely N-dealkylation sites (tertiary alicyclic amines) is 1. The molecule has 1 aliphatic heterocycles. The van der Waals surface area contributed by atoms with Gasteiger partial charge in [0, 0.05) is 6.04 Å². The zero-order chi connectivity index (χ0) is 13.7. The van der Waals surface area contributed by atoms with E-state index in [-0.39, 0.29) is 18.0 Å². The number of piperidine rings is 1. The van der Waals surface area contributed by atoms with Gasteiger partial charge in [-0.3, -0.25) is 0 Å². The van der Waals surface area contributed by atoms with Gasteiger partial charge >= 0.3 is 12.0 Å². The molecule has 0 bridgehead atoms. The minimum Gasteiger partial charge on any atom is -0.480 e. The number of amides is 2. The van der Waals surface area contributed by atoms with Gasteiger partial charge in [0.2, 0.25) is 0 Å². The summed E-state index contributed by atoms with van der Waals surface area (Å²) < 4.78 is 0. The van der Waals surface area contributed by atoms with Gasteiger partial charge in [-0.15, -0.1) is 0 Å². The summed E-state index contributed by atoms with van der Waals surface area (Å²) in [5.74, 6) is -1.13. The van der Waals surface area contributed by atoms with Crippen molar-refractivity contribution >= 4 is 12.0 Å². The van der Waals surface area contributed by atoms with E-state index in [1.807, 2.05) is 0 Å². The standard InChI is InChI=1S/C12H23N3O3/c1-8(2)10(11(16)17)14-12(18)13-9-4-6-15(3)7-5-9/h8-10H,4-7H2,1-3H3,(H,16,17)(H2,13,14,18)/t10-/m1/s1. The summed E-state index contributed by atoms with van der Waals surface area (Å²) in [4.78, 5) is 24.9. The van der Waals surface area contributed by atoms with Crippen molar-refractivity contribution < 1.29 is 14.7 Å². The van der Waals surface area contributed by atoms with Crippen LogP contribution < -0.4 is 10.6 Å². The van der Waals surface area contributed by atoms with Gasteiger partial charge < -0.3 is 20.6 Å². The quantitative estimate of drug-likeness (QED) is 0.684. The first-order valence-corrected chi connectivity index (χ1v) is 6.38. The van der Waals surface area contributed by atoms with Gasteiger partial charge in [0.1, 0.15) is 6.04 Å². The molecule has 18 heavy (non-hydrogen) atoms. The average molecular weight is 257 g/mol. The van der Waals surface area contributed by atoms with E-state index in [1.165, 1.54) is 0 Å². The number of hydrogen-bond acceptors (Lipinski definition) is 3. The van der Waals surface area contributed by atoms with Crippen LogP contribution in [0.15, 0.2) is 0 Å². The Morgan fingerprint density at radius 2 is 1.83 bits per heavy atom. The Bertz CT molecular complexity index is 299. The molecule has 6 nitrogen and oxygen atoms in total. The van der Waals surface area contributed by atoms with Gasteiger partial charge in [-0.25, -0.2) is 9.59 Å². The Morgan fingerprint density at radius 1 is 1.28 bits per heavy atom. The van der Waals surface area contributed by atoms with Gasteiger partial charge in [-0.2, -0.15) is 0 Å². The lowest BCUT2D eigenvalue weighted by molar-refractivity contribution is -0.140. The third kappa shape index (κ3) is 4.52. The van der Waals surface area contributed by atoms with Crippen LogP contribution in [0.4, 0.5) is 4.79 Å². The third-order valence-electron chi connectivity index (χ3n) is 3.27. The fourth-order valence-electron chi connectivity index (χ4n) is 2.03. The zero-order valence-electron chi connectivity index (χ0n) is 11.3. The molecule has 0 radical (unpaired) electrons. The molecule has 0 unspecified atom stereocenters. The Balaban J connectivity index is 2.38. The highest BCUT2D eigenvalue weighted by Crippen LogP contribution is 2.08. The number of nitrogens with zero attached hydrogens (tertiary/aromatic N) is 1. The number of hydrogen-bond donors (Lipinski definition) is 3. The van der Waals surface area contributed by atoms with Crippen molar-refractivity contribution in [3.05, 3.63) is 0 Å². The number of rotatable bonds is 4. The van der Waals surface area contributed by atoms with Crippen LogP contribution in [0.2, 0.25) is 0 Å². The average Bonchev–Trinajstić information content (AvgIpc) is 2.28. The normalized spacial score (nSPS) is 19.6. The first-order chi connectivity index (χ1) is 8.40. The topological polar surface area (TPSA) is 81.7 Å². The predicted molar refractivity (Wildman–Crippen MR) is 68.4 cm³/mol. The summed E-state index contributed by atoms with van der Waals surface area (Å²) in [7, 11) is 2.05. The Kier molecular flexibility index (Phi) is 5.40. The van der Waals surface area contributed by atoms with E-state index in [1.54, 1.807) is 13.8 Å². The highest BCUT2D eigenvalue weighted by atomic mass is 16.4. The van der Waals surface area contributed by atoms with E-state index in [0.717, 1.165) is 25.9 Å². The molecule has 1 aliphatic rings. The molecule has 0 aromatic heterocycles. The minimum absolute atomic E-state index is 0.134. The second-order valence-corrected chi connectivity index (χ2v) is 5.26. The van der Waals surface area contributed by atoms with Gasteiger partial charge in [0.15, 0.2) is 0 Å². The second kappa shape index (κ2) is 6.58. The van der Waals surface area contributed by atoms with E-state index in [0.29, 0.717) is 0 Å². The predicted octanol–water partition coefficient (Wildman–Crippen LogP) is 0.489. The minimum atomic E-state index is -0.997. The van der Waals surface area contributed by atoms with E-state index in [2.05, 4.69) is 22.6 Å². The van der Waals surface area contributed by atoms with Crippen LogP contribution in [0.5, 0.6) is 0 Å². The molecule has 0 spiro atoms. The fraction of sp³-hybridized carbons (Fsp3) is 0.833. The summed E-state index contributed by atoms with van der Waals surface area (Å²) in [6.45, 7) is 5.46. The molecule has 3 N–H and O–H groups in total. The monoisotopic (exact) mass is 257 g/mol. The van der Waals surface area contributed by atoms with E-state index >= 15 is 0 Å². The van der Waals surface area contributed by atoms with Crippen LogP contribution in [-0.4, -0.2) is 54.2 Å². The molecular weight excluding hydrogens is 234 g/mol. The smallest absolute Gasteiger partial charge is 0.326 e. The number of carboxylic acids is 1. The van der Waals surface area contributed by atoms with Crippen molar-refractivity contribution in [2.45, 2.75) is 38.8 Å². The summed E-state index contributed by atoms with van der Waals surface area (Å²) in [5.41, 5.74) is 0. The van der Waals surface area contributed by atoms with Gasteiger partial charge in [0.05, 0.1) is 0 Å². The van der Waals surface area contributed by atoms with Crippen LogP contribution in [0.1, 0.15) is 26.7 Å². The third-order valence-corrected chi connectivity index (χ3v) is 3.27. The van der Waals surface area contributed by atoms with Crippen LogP contribution in [-0.2, 0) is 4.79 Å². The van der Waals surface area contributed by atoms with Gasteiger partial charge in [-0.05, 0) is 38.9 Å². The molecule has 1 atom stereocenters. The van der Waals surface area contributed by atoms with Crippen molar-refractivity contribution in [3.8, 4) is 0 Å². The maximum absolute atomic E-state index is 11.7. The number of aliphatic carboxylic acids is 1. The van der Waals surface area contributed by atoms with Gasteiger partial charge in [-0.1, -0.05) is 13.8 Å². The van der Waals surface area contributed by atoms with Crippen molar-refractivity contribution in [1.82, 2.24) is 15.5 Å². The maximum Gasteiger partial charge on any atom is 0.326 e. The summed E-state index contributed by atoms with van der Waals surface area (Å²) in [5, 5.41) is 14.3. The fourth-order valence-corrected chi connectivity index (χ4v) is 2.03. The van der Waals surface area contributed by atoms with E-state index in [4.69, 9.17) is 5.11 Å². The lowest BCUT2D eigenvalue weighted by atomic mass is 10.0. The number of urea groups is 1. The molecule has 1 heterocycles. The maximum atomic E-state index is 11.7. The molecule has 0 aromatic carbocycles. The lowest BCUT2D eigenvalue weighted by Gasteiger charge is -2.30. The van der Waals surface area contributed by atoms with Gasteiger partial charge in [0.25, 0.3) is 0 Å². The molecule has 1 rings (SSSR count). The van der Waals surface area contributed by atoms with E-state index in [9.17, 15) is 9.59 Å². The van der Waals surface area contributed by atoms with Crippen LogP contribution in [0.25, 0.3) is 0 Å². The van der Waals surface area contributed by atoms with E-state index < -0.39 is 12.0 Å². The number of carboxylic acid groups (broad SMARTS) is 1. The van der Waals surface area contributed by atoms with Crippen LogP contribution in [0, 0.1) is 5.92 Å². The number of carbonyl (C=O) groups is 2. The molecule has 104 valence electrons. The molecular formula is C12H23N3O3. The summed E-state index contributed by atoms with van der Waals surface area (Å²) in [6, 6.07) is -1.08. The van der Waals surface area contributed by atoms with Crippen molar-refractivity contribution in [1.29, 1.82) is 0 Å². The number of carbonyl (C=O) groups excluding carboxylic acids is 1. The largest absolute Gasteiger partial charge is 0.480 e. The molecule has 0 aliphatic carbocycles. The molecule has 6 heteroatoms. The first-order valence-electron chi connectivity index (χ1n) is 6.38. The van der Waals surface area contributed by atoms with Crippen LogP contribution >= 0.6 is 0 Å². The molecule has 2 amide bonds. The molecule has 1 fully saturated rings. The Labute approximate surface area is 108 Å². The zero-order valence-corrected chi connectivity index (χ0v) is 11.3. The van der Waals surface area contributed by atoms with Crippen LogP contribution in [0.3, 0.4) is 0 Å². The Morgan fingerprint density at radius 3 is 2.28 bits per heavy atom. The summed E-state index contributed by atoms with van der Waals surface area (Å²) >= 11 is 0. The first kappa shape index (κ1) is 14.8. The Hall–Kier alpha value is -1.30. The molecule has 1 saturated heterocycles. The number of nitrogens with one attached hydrogen (secondary N) is 2. The second-order valence-electron chi connectivity index (χ2n) is 5.26.